The summed E-state index contributed by atoms with van der Waals surface area (Å²) in [5.41, 5.74) is 0.0159. The fraction of sp³-hybridized carbons (Fsp3) is 0.381. The molecule has 1 aromatic carbocycles. The molecule has 11 heteroatoms. The molecule has 0 atom stereocenters. The van der Waals surface area contributed by atoms with E-state index < -0.39 is 11.7 Å². The van der Waals surface area contributed by atoms with Crippen LogP contribution in [0, 0.1) is 0 Å². The minimum absolute atomic E-state index is 0. The van der Waals surface area contributed by atoms with Crippen molar-refractivity contribution in [2.45, 2.75) is 46.1 Å². The van der Waals surface area contributed by atoms with E-state index in [1.54, 1.807) is 13.8 Å². The average Bonchev–Trinajstić information content (AvgIpc) is 3.13. The Morgan fingerprint density at radius 1 is 1.16 bits per heavy atom. The molecule has 2 aromatic heterocycles. The van der Waals surface area contributed by atoms with Gasteiger partial charge in [0, 0.05) is 12.7 Å². The Hall–Kier alpha value is -2.57. The number of aliphatic imine (C=N–C) groups is 1. The smallest absolute Gasteiger partial charge is 0.416 e. The number of aromatic nitrogens is 3. The van der Waals surface area contributed by atoms with Gasteiger partial charge in [0.15, 0.2) is 17.4 Å². The van der Waals surface area contributed by atoms with Gasteiger partial charge in [-0.25, -0.2) is 4.99 Å². The first-order valence-corrected chi connectivity index (χ1v) is 9.95. The molecular formula is C21H26F3IN6O. The highest BCUT2D eigenvalue weighted by Gasteiger charge is 2.33. The number of nitrogens with zero attached hydrogens (tertiary/aromatic N) is 4. The Labute approximate surface area is 201 Å². The van der Waals surface area contributed by atoms with Crippen LogP contribution in [-0.2, 0) is 19.3 Å². The monoisotopic (exact) mass is 562 g/mol. The van der Waals surface area contributed by atoms with Gasteiger partial charge in [0.1, 0.15) is 5.75 Å². The molecule has 32 heavy (non-hydrogen) atoms. The lowest BCUT2D eigenvalue weighted by Gasteiger charge is -2.16. The maximum atomic E-state index is 13.6. The van der Waals surface area contributed by atoms with Crippen molar-refractivity contribution in [3.8, 4) is 5.75 Å². The zero-order valence-corrected chi connectivity index (χ0v) is 20.3. The first kappa shape index (κ1) is 25.7. The van der Waals surface area contributed by atoms with E-state index in [2.05, 4.69) is 25.8 Å². The molecule has 3 rings (SSSR count). The molecule has 0 spiro atoms. The lowest BCUT2D eigenvalue weighted by molar-refractivity contribution is -0.138. The Bertz CT molecular complexity index is 1050. The summed E-state index contributed by atoms with van der Waals surface area (Å²) in [6.07, 6.45) is -2.89. The fourth-order valence-corrected chi connectivity index (χ4v) is 2.98. The SMILES string of the molecule is CCNC(=NCc1ccc(OC(C)C)cc1C(F)(F)F)NCc1nnc2ccccn12.I. The summed E-state index contributed by atoms with van der Waals surface area (Å²) in [6.45, 7) is 6.12. The minimum atomic E-state index is -4.51. The molecule has 2 heterocycles. The number of rotatable bonds is 7. The summed E-state index contributed by atoms with van der Waals surface area (Å²) >= 11 is 0. The lowest BCUT2D eigenvalue weighted by atomic mass is 10.1. The van der Waals surface area contributed by atoms with Crippen molar-refractivity contribution < 1.29 is 17.9 Å². The molecular weight excluding hydrogens is 536 g/mol. The van der Waals surface area contributed by atoms with Gasteiger partial charge in [0.25, 0.3) is 0 Å². The van der Waals surface area contributed by atoms with Crippen molar-refractivity contribution in [3.63, 3.8) is 0 Å². The topological polar surface area (TPSA) is 75.8 Å². The average molecular weight is 562 g/mol. The molecule has 7 nitrogen and oxygen atoms in total. The molecule has 0 radical (unpaired) electrons. The summed E-state index contributed by atoms with van der Waals surface area (Å²) in [7, 11) is 0. The van der Waals surface area contributed by atoms with Gasteiger partial charge in [-0.1, -0.05) is 12.1 Å². The number of hydrogen-bond donors (Lipinski definition) is 2. The van der Waals surface area contributed by atoms with E-state index in [-0.39, 0.29) is 47.9 Å². The van der Waals surface area contributed by atoms with Gasteiger partial charge in [0.2, 0.25) is 0 Å². The van der Waals surface area contributed by atoms with Gasteiger partial charge in [-0.2, -0.15) is 13.2 Å². The summed E-state index contributed by atoms with van der Waals surface area (Å²) in [5.74, 6) is 1.22. The Kier molecular flexibility index (Phi) is 9.10. The molecule has 0 saturated heterocycles. The van der Waals surface area contributed by atoms with Crippen molar-refractivity contribution in [2.24, 2.45) is 4.99 Å². The zero-order chi connectivity index (χ0) is 22.4. The highest BCUT2D eigenvalue weighted by atomic mass is 127. The van der Waals surface area contributed by atoms with Crippen molar-refractivity contribution in [1.29, 1.82) is 0 Å². The Morgan fingerprint density at radius 2 is 1.94 bits per heavy atom. The van der Waals surface area contributed by atoms with Crippen LogP contribution in [0.1, 0.15) is 37.7 Å². The van der Waals surface area contributed by atoms with Crippen LogP contribution in [0.3, 0.4) is 0 Å². The van der Waals surface area contributed by atoms with Crippen LogP contribution < -0.4 is 15.4 Å². The van der Waals surface area contributed by atoms with Gasteiger partial charge in [-0.15, -0.1) is 34.2 Å². The molecule has 0 saturated carbocycles. The third kappa shape index (κ3) is 6.71. The van der Waals surface area contributed by atoms with Crippen molar-refractivity contribution in [2.75, 3.05) is 6.54 Å². The maximum Gasteiger partial charge on any atom is 0.416 e. The van der Waals surface area contributed by atoms with E-state index in [9.17, 15) is 13.2 Å². The van der Waals surface area contributed by atoms with E-state index in [0.717, 1.165) is 6.07 Å². The van der Waals surface area contributed by atoms with Crippen LogP contribution in [0.2, 0.25) is 0 Å². The summed E-state index contributed by atoms with van der Waals surface area (Å²) in [5, 5.41) is 14.3. The molecule has 0 unspecified atom stereocenters. The second-order valence-corrected chi connectivity index (χ2v) is 7.08. The standard InChI is InChI=1S/C21H25F3N6O.HI/c1-4-25-20(27-13-19-29-28-18-7-5-6-10-30(18)19)26-12-15-8-9-16(31-14(2)3)11-17(15)21(22,23)24;/h5-11,14H,4,12-13H2,1-3H3,(H2,25,26,27);1H. The van der Waals surface area contributed by atoms with Crippen LogP contribution in [0.5, 0.6) is 5.75 Å². The van der Waals surface area contributed by atoms with Crippen LogP contribution in [0.15, 0.2) is 47.6 Å². The fourth-order valence-electron chi connectivity index (χ4n) is 2.98. The molecule has 0 aliphatic rings. The molecule has 3 aromatic rings. The summed E-state index contributed by atoms with van der Waals surface area (Å²) < 4.78 is 47.9. The minimum Gasteiger partial charge on any atom is -0.491 e. The number of pyridine rings is 1. The predicted octanol–water partition coefficient (Wildman–Crippen LogP) is 4.41. The number of guanidine groups is 1. The summed E-state index contributed by atoms with van der Waals surface area (Å²) in [6, 6.07) is 9.52. The number of hydrogen-bond acceptors (Lipinski definition) is 4. The van der Waals surface area contributed by atoms with Gasteiger partial charge >= 0.3 is 6.18 Å². The van der Waals surface area contributed by atoms with Gasteiger partial charge < -0.3 is 15.4 Å². The van der Waals surface area contributed by atoms with Crippen LogP contribution in [-0.4, -0.2) is 33.2 Å². The normalized spacial score (nSPS) is 12.0. The van der Waals surface area contributed by atoms with E-state index >= 15 is 0 Å². The van der Waals surface area contributed by atoms with Crippen LogP contribution >= 0.6 is 24.0 Å². The molecule has 0 amide bonds. The zero-order valence-electron chi connectivity index (χ0n) is 18.0. The first-order valence-electron chi connectivity index (χ1n) is 9.95. The van der Waals surface area contributed by atoms with Crippen molar-refractivity contribution in [1.82, 2.24) is 25.2 Å². The molecule has 0 aliphatic carbocycles. The maximum absolute atomic E-state index is 13.6. The number of fused-ring (bicyclic) bond motifs is 1. The number of ether oxygens (including phenoxy) is 1. The number of nitrogens with one attached hydrogen (secondary N) is 2. The highest BCUT2D eigenvalue weighted by molar-refractivity contribution is 14.0. The predicted molar refractivity (Wildman–Crippen MR) is 127 cm³/mol. The number of alkyl halides is 3. The van der Waals surface area contributed by atoms with Gasteiger partial charge in [-0.3, -0.25) is 4.40 Å². The molecule has 0 fully saturated rings. The molecule has 2 N–H and O–H groups in total. The van der Waals surface area contributed by atoms with Crippen molar-refractivity contribution in [3.05, 3.63) is 59.5 Å². The van der Waals surface area contributed by atoms with E-state index in [1.807, 2.05) is 35.7 Å². The molecule has 0 bridgehead atoms. The molecule has 174 valence electrons. The second kappa shape index (κ2) is 11.3. The number of benzene rings is 1. The Morgan fingerprint density at radius 3 is 2.62 bits per heavy atom. The number of halogens is 4. The first-order chi connectivity index (χ1) is 14.8. The lowest BCUT2D eigenvalue weighted by Crippen LogP contribution is -2.37. The third-order valence-electron chi connectivity index (χ3n) is 4.31. The van der Waals surface area contributed by atoms with Crippen LogP contribution in [0.4, 0.5) is 13.2 Å². The van der Waals surface area contributed by atoms with Gasteiger partial charge in [-0.05, 0) is 50.6 Å². The van der Waals surface area contributed by atoms with Crippen molar-refractivity contribution >= 4 is 35.6 Å². The largest absolute Gasteiger partial charge is 0.491 e. The quantitative estimate of drug-likeness (QED) is 0.254. The second-order valence-electron chi connectivity index (χ2n) is 7.08. The van der Waals surface area contributed by atoms with Gasteiger partial charge in [0.05, 0.1) is 24.8 Å². The highest BCUT2D eigenvalue weighted by Crippen LogP contribution is 2.35. The Balaban J connectivity index is 0.00000363. The molecule has 0 aliphatic heterocycles. The van der Waals surface area contributed by atoms with E-state index in [1.165, 1.54) is 12.1 Å². The summed E-state index contributed by atoms with van der Waals surface area (Å²) in [4.78, 5) is 4.32. The van der Waals surface area contributed by atoms with Crippen LogP contribution in [0.25, 0.3) is 5.65 Å². The van der Waals surface area contributed by atoms with E-state index in [0.29, 0.717) is 30.5 Å². The van der Waals surface area contributed by atoms with E-state index in [4.69, 9.17) is 4.74 Å². The third-order valence-corrected chi connectivity index (χ3v) is 4.31.